The average molecular weight is 255 g/mol. The van der Waals surface area contributed by atoms with Crippen LogP contribution < -0.4 is 10.1 Å². The second-order valence-electron chi connectivity index (χ2n) is 4.16. The normalized spacial score (nSPS) is 12.3. The Bertz CT molecular complexity index is 378. The third-order valence-electron chi connectivity index (χ3n) is 2.25. The van der Waals surface area contributed by atoms with E-state index in [4.69, 9.17) is 4.74 Å². The largest absolute Gasteiger partial charge is 0.491 e. The third-order valence-corrected chi connectivity index (χ3v) is 2.25. The lowest BCUT2D eigenvalue weighted by atomic mass is 10.2. The maximum atomic E-state index is 12.7. The Labute approximate surface area is 106 Å². The van der Waals surface area contributed by atoms with E-state index in [1.807, 2.05) is 13.8 Å². The molecule has 1 unspecified atom stereocenters. The van der Waals surface area contributed by atoms with E-state index < -0.39 is 6.04 Å². The van der Waals surface area contributed by atoms with Gasteiger partial charge in [0.25, 0.3) is 0 Å². The number of esters is 1. The number of rotatable bonds is 6. The Morgan fingerprint density at radius 3 is 2.44 bits per heavy atom. The zero-order valence-corrected chi connectivity index (χ0v) is 10.8. The first-order valence-electron chi connectivity index (χ1n) is 5.75. The monoisotopic (exact) mass is 255 g/mol. The van der Waals surface area contributed by atoms with Gasteiger partial charge in [-0.1, -0.05) is 13.8 Å². The van der Waals surface area contributed by atoms with Crippen molar-refractivity contribution in [3.05, 3.63) is 30.1 Å². The topological polar surface area (TPSA) is 47.6 Å². The number of hydrogen-bond donors (Lipinski definition) is 1. The summed E-state index contributed by atoms with van der Waals surface area (Å²) in [6.07, 6.45) is 0. The van der Waals surface area contributed by atoms with Crippen LogP contribution in [0.5, 0.6) is 5.75 Å². The number of carbonyl (C=O) groups excluding carboxylic acids is 1. The fraction of sp³-hybridized carbons (Fsp3) is 0.462. The fourth-order valence-corrected chi connectivity index (χ4v) is 1.44. The van der Waals surface area contributed by atoms with Crippen molar-refractivity contribution in [2.75, 3.05) is 13.7 Å². The molecular weight excluding hydrogens is 237 g/mol. The zero-order chi connectivity index (χ0) is 13.5. The molecule has 0 fully saturated rings. The molecule has 0 amide bonds. The van der Waals surface area contributed by atoms with Crippen LogP contribution >= 0.6 is 0 Å². The van der Waals surface area contributed by atoms with Gasteiger partial charge in [-0.05, 0) is 24.3 Å². The molecule has 0 aliphatic carbocycles. The van der Waals surface area contributed by atoms with E-state index in [1.54, 1.807) is 0 Å². The van der Waals surface area contributed by atoms with E-state index >= 15 is 0 Å². The van der Waals surface area contributed by atoms with Gasteiger partial charge in [0.1, 0.15) is 24.2 Å². The SMILES string of the molecule is COC(=O)C(COc1ccc(F)cc1)NC(C)C. The maximum absolute atomic E-state index is 12.7. The van der Waals surface area contributed by atoms with E-state index in [-0.39, 0.29) is 24.4 Å². The molecule has 0 saturated carbocycles. The lowest BCUT2D eigenvalue weighted by Crippen LogP contribution is -2.45. The first-order valence-corrected chi connectivity index (χ1v) is 5.75. The van der Waals surface area contributed by atoms with Gasteiger partial charge in [0.15, 0.2) is 0 Å². The van der Waals surface area contributed by atoms with Gasteiger partial charge in [-0.2, -0.15) is 0 Å². The highest BCUT2D eigenvalue weighted by atomic mass is 19.1. The molecule has 0 aliphatic heterocycles. The minimum absolute atomic E-state index is 0.130. The molecule has 1 aromatic carbocycles. The predicted molar refractivity (Wildman–Crippen MR) is 66.0 cm³/mol. The Morgan fingerprint density at radius 1 is 1.33 bits per heavy atom. The molecule has 5 heteroatoms. The number of nitrogens with one attached hydrogen (secondary N) is 1. The molecule has 0 spiro atoms. The highest BCUT2D eigenvalue weighted by Gasteiger charge is 2.20. The van der Waals surface area contributed by atoms with Crippen molar-refractivity contribution in [2.24, 2.45) is 0 Å². The van der Waals surface area contributed by atoms with Crippen LogP contribution in [-0.2, 0) is 9.53 Å². The molecule has 18 heavy (non-hydrogen) atoms. The standard InChI is InChI=1S/C13H18FNO3/c1-9(2)15-12(13(16)17-3)8-18-11-6-4-10(14)5-7-11/h4-7,9,12,15H,8H2,1-3H3. The van der Waals surface area contributed by atoms with Crippen molar-refractivity contribution in [3.8, 4) is 5.75 Å². The summed E-state index contributed by atoms with van der Waals surface area (Å²) in [6, 6.07) is 5.22. The summed E-state index contributed by atoms with van der Waals surface area (Å²) in [5, 5.41) is 3.04. The molecule has 0 aliphatic rings. The second-order valence-corrected chi connectivity index (χ2v) is 4.16. The molecule has 0 aromatic heterocycles. The summed E-state index contributed by atoms with van der Waals surface area (Å²) in [7, 11) is 1.33. The van der Waals surface area contributed by atoms with Gasteiger partial charge in [-0.25, -0.2) is 4.39 Å². The number of methoxy groups -OCH3 is 1. The van der Waals surface area contributed by atoms with Crippen molar-refractivity contribution < 1.29 is 18.7 Å². The molecule has 0 heterocycles. The van der Waals surface area contributed by atoms with Crippen LogP contribution in [0, 0.1) is 5.82 Å². The minimum Gasteiger partial charge on any atom is -0.491 e. The van der Waals surface area contributed by atoms with Crippen LogP contribution in [0.25, 0.3) is 0 Å². The first-order chi connectivity index (χ1) is 8.52. The number of ether oxygens (including phenoxy) is 2. The summed E-state index contributed by atoms with van der Waals surface area (Å²) in [5.74, 6) is -0.200. The fourth-order valence-electron chi connectivity index (χ4n) is 1.44. The van der Waals surface area contributed by atoms with Crippen LogP contribution in [-0.4, -0.2) is 31.8 Å². The molecule has 1 N–H and O–H groups in total. The molecular formula is C13H18FNO3. The van der Waals surface area contributed by atoms with Crippen LogP contribution in [0.15, 0.2) is 24.3 Å². The molecule has 1 aromatic rings. The van der Waals surface area contributed by atoms with Crippen molar-refractivity contribution in [3.63, 3.8) is 0 Å². The van der Waals surface area contributed by atoms with Gasteiger partial charge in [-0.15, -0.1) is 0 Å². The number of hydrogen-bond acceptors (Lipinski definition) is 4. The Hall–Kier alpha value is -1.62. The summed E-state index contributed by atoms with van der Waals surface area (Å²) in [6.45, 7) is 3.98. The smallest absolute Gasteiger partial charge is 0.326 e. The third kappa shape index (κ3) is 4.71. The first kappa shape index (κ1) is 14.4. The molecule has 0 bridgehead atoms. The average Bonchev–Trinajstić information content (AvgIpc) is 2.35. The molecule has 0 saturated heterocycles. The van der Waals surface area contributed by atoms with Crippen molar-refractivity contribution in [2.45, 2.75) is 25.9 Å². The Kier molecular flexibility index (Phi) is 5.58. The number of halogens is 1. The Balaban J connectivity index is 2.55. The van der Waals surface area contributed by atoms with Crippen molar-refractivity contribution in [1.82, 2.24) is 5.32 Å². The zero-order valence-electron chi connectivity index (χ0n) is 10.8. The molecule has 0 radical (unpaired) electrons. The summed E-state index contributed by atoms with van der Waals surface area (Å²) < 4.78 is 22.8. The van der Waals surface area contributed by atoms with Gasteiger partial charge in [0.2, 0.25) is 0 Å². The van der Waals surface area contributed by atoms with E-state index in [9.17, 15) is 9.18 Å². The van der Waals surface area contributed by atoms with Crippen LogP contribution in [0.1, 0.15) is 13.8 Å². The predicted octanol–water partition coefficient (Wildman–Crippen LogP) is 1.74. The molecule has 1 rings (SSSR count). The van der Waals surface area contributed by atoms with Gasteiger partial charge >= 0.3 is 5.97 Å². The van der Waals surface area contributed by atoms with E-state index in [1.165, 1.54) is 31.4 Å². The van der Waals surface area contributed by atoms with E-state index in [2.05, 4.69) is 10.1 Å². The van der Waals surface area contributed by atoms with Crippen molar-refractivity contribution >= 4 is 5.97 Å². The Morgan fingerprint density at radius 2 is 1.94 bits per heavy atom. The summed E-state index contributed by atoms with van der Waals surface area (Å²) in [5.41, 5.74) is 0. The second kappa shape index (κ2) is 6.96. The van der Waals surface area contributed by atoms with Gasteiger partial charge in [-0.3, -0.25) is 10.1 Å². The van der Waals surface area contributed by atoms with E-state index in [0.29, 0.717) is 5.75 Å². The minimum atomic E-state index is -0.542. The van der Waals surface area contributed by atoms with Crippen LogP contribution in [0.4, 0.5) is 4.39 Å². The maximum Gasteiger partial charge on any atom is 0.326 e. The van der Waals surface area contributed by atoms with Gasteiger partial charge in [0, 0.05) is 6.04 Å². The molecule has 100 valence electrons. The lowest BCUT2D eigenvalue weighted by molar-refractivity contribution is -0.144. The highest BCUT2D eigenvalue weighted by Crippen LogP contribution is 2.11. The quantitative estimate of drug-likeness (QED) is 0.787. The van der Waals surface area contributed by atoms with Crippen LogP contribution in [0.3, 0.4) is 0 Å². The summed E-state index contributed by atoms with van der Waals surface area (Å²) >= 11 is 0. The summed E-state index contributed by atoms with van der Waals surface area (Å²) in [4.78, 5) is 11.5. The lowest BCUT2D eigenvalue weighted by Gasteiger charge is -2.19. The highest BCUT2D eigenvalue weighted by molar-refractivity contribution is 5.75. The van der Waals surface area contributed by atoms with Gasteiger partial charge < -0.3 is 9.47 Å². The number of carbonyl (C=O) groups is 1. The van der Waals surface area contributed by atoms with Crippen molar-refractivity contribution in [1.29, 1.82) is 0 Å². The van der Waals surface area contributed by atoms with Crippen LogP contribution in [0.2, 0.25) is 0 Å². The molecule has 1 atom stereocenters. The van der Waals surface area contributed by atoms with Gasteiger partial charge in [0.05, 0.1) is 7.11 Å². The van der Waals surface area contributed by atoms with E-state index in [0.717, 1.165) is 0 Å². The molecule has 4 nitrogen and oxygen atoms in total. The number of benzene rings is 1.